The maximum absolute atomic E-state index is 15.1. The molecule has 0 saturated carbocycles. The number of aromatic carboxylic acids is 1. The highest BCUT2D eigenvalue weighted by Gasteiger charge is 2.18. The molecule has 0 saturated heterocycles. The fraction of sp³-hybridized carbons (Fsp3) is 0.125. The Morgan fingerprint density at radius 1 is 1.16 bits per heavy atom. The Bertz CT molecular complexity index is 1360. The molecule has 162 valence electrons. The minimum atomic E-state index is -1.36. The largest absolute Gasteiger partial charge is 0.497 e. The van der Waals surface area contributed by atoms with Crippen LogP contribution in [0.1, 0.15) is 21.6 Å². The molecule has 0 unspecified atom stereocenters. The zero-order valence-corrected chi connectivity index (χ0v) is 17.1. The lowest BCUT2D eigenvalue weighted by Gasteiger charge is -2.15. The molecule has 0 aliphatic heterocycles. The molecule has 0 radical (unpaired) electrons. The van der Waals surface area contributed by atoms with Crippen LogP contribution in [0.5, 0.6) is 5.75 Å². The van der Waals surface area contributed by atoms with Gasteiger partial charge in [0.2, 0.25) is 5.43 Å². The number of aliphatic hydroxyl groups excluding tert-OH is 1. The fourth-order valence-corrected chi connectivity index (χ4v) is 3.52. The number of methoxy groups -OCH3 is 1. The van der Waals surface area contributed by atoms with Gasteiger partial charge >= 0.3 is 5.97 Å². The first-order chi connectivity index (χ1) is 15.4. The molecule has 32 heavy (non-hydrogen) atoms. The van der Waals surface area contributed by atoms with Crippen LogP contribution in [0.2, 0.25) is 0 Å². The molecule has 2 heterocycles. The number of hydrogen-bond acceptors (Lipinski definition) is 5. The van der Waals surface area contributed by atoms with E-state index in [4.69, 9.17) is 9.84 Å². The molecule has 2 aromatic carbocycles. The zero-order chi connectivity index (χ0) is 22.8. The molecule has 0 aliphatic carbocycles. The van der Waals surface area contributed by atoms with E-state index in [9.17, 15) is 14.7 Å². The highest BCUT2D eigenvalue weighted by molar-refractivity contribution is 5.94. The van der Waals surface area contributed by atoms with E-state index in [2.05, 4.69) is 4.98 Å². The van der Waals surface area contributed by atoms with Crippen molar-refractivity contribution in [2.24, 2.45) is 0 Å². The standard InChI is InChI=1S/C24H19FN2O5/c1-32-17-6-2-14(3-7-17)11-27-12-20(24(30)31)23(29)19-8-18(21(25)9-22(19)27)15-4-5-16(13-28)26-10-15/h2-10,12,28H,11,13H2,1H3,(H,30,31). The van der Waals surface area contributed by atoms with Gasteiger partial charge in [0.05, 0.1) is 24.9 Å². The molecule has 4 aromatic rings. The van der Waals surface area contributed by atoms with Gasteiger partial charge in [-0.1, -0.05) is 18.2 Å². The van der Waals surface area contributed by atoms with Gasteiger partial charge in [0, 0.05) is 35.5 Å². The van der Waals surface area contributed by atoms with Gasteiger partial charge in [0.15, 0.2) is 0 Å². The summed E-state index contributed by atoms with van der Waals surface area (Å²) in [7, 11) is 1.55. The number of pyridine rings is 2. The molecule has 7 nitrogen and oxygen atoms in total. The van der Waals surface area contributed by atoms with Crippen LogP contribution in [-0.4, -0.2) is 32.8 Å². The Morgan fingerprint density at radius 3 is 2.50 bits per heavy atom. The van der Waals surface area contributed by atoms with E-state index < -0.39 is 22.8 Å². The second-order valence-electron chi connectivity index (χ2n) is 7.20. The quantitative estimate of drug-likeness (QED) is 0.482. The van der Waals surface area contributed by atoms with E-state index in [-0.39, 0.29) is 29.6 Å². The van der Waals surface area contributed by atoms with Crippen LogP contribution in [0.4, 0.5) is 4.39 Å². The number of nitrogens with zero attached hydrogens (tertiary/aromatic N) is 2. The molecule has 2 aromatic heterocycles. The molecular weight excluding hydrogens is 415 g/mol. The lowest BCUT2D eigenvalue weighted by Crippen LogP contribution is -2.19. The summed E-state index contributed by atoms with van der Waals surface area (Å²) in [6.45, 7) is -0.0227. The SMILES string of the molecule is COc1ccc(Cn2cc(C(=O)O)c(=O)c3cc(-c4ccc(CO)nc4)c(F)cc32)cc1. The number of halogens is 1. The van der Waals surface area contributed by atoms with E-state index in [0.717, 1.165) is 5.56 Å². The van der Waals surface area contributed by atoms with Gasteiger partial charge in [-0.25, -0.2) is 9.18 Å². The van der Waals surface area contributed by atoms with Crippen molar-refractivity contribution >= 4 is 16.9 Å². The van der Waals surface area contributed by atoms with Gasteiger partial charge in [-0.15, -0.1) is 0 Å². The molecule has 0 aliphatic rings. The summed E-state index contributed by atoms with van der Waals surface area (Å²) in [6.07, 6.45) is 2.63. The van der Waals surface area contributed by atoms with E-state index in [1.807, 2.05) is 12.1 Å². The van der Waals surface area contributed by atoms with Crippen molar-refractivity contribution in [3.63, 3.8) is 0 Å². The summed E-state index contributed by atoms with van der Waals surface area (Å²) in [6, 6.07) is 12.8. The van der Waals surface area contributed by atoms with Gasteiger partial charge in [-0.3, -0.25) is 9.78 Å². The predicted molar refractivity (Wildman–Crippen MR) is 116 cm³/mol. The molecule has 0 bridgehead atoms. The van der Waals surface area contributed by atoms with Crippen LogP contribution in [0, 0.1) is 5.82 Å². The number of rotatable bonds is 6. The van der Waals surface area contributed by atoms with Crippen LogP contribution in [0.15, 0.2) is 65.7 Å². The predicted octanol–water partition coefficient (Wildman–Crippen LogP) is 3.45. The first-order valence-corrected chi connectivity index (χ1v) is 9.70. The number of aliphatic hydroxyl groups is 1. The molecule has 4 rings (SSSR count). The average molecular weight is 434 g/mol. The van der Waals surface area contributed by atoms with Crippen LogP contribution < -0.4 is 10.2 Å². The molecule has 0 fully saturated rings. The van der Waals surface area contributed by atoms with E-state index in [0.29, 0.717) is 17.0 Å². The van der Waals surface area contributed by atoms with Crippen LogP contribution in [0.25, 0.3) is 22.0 Å². The Labute approximate surface area is 182 Å². The summed E-state index contributed by atoms with van der Waals surface area (Å²) in [5, 5.41) is 18.8. The highest BCUT2D eigenvalue weighted by Crippen LogP contribution is 2.27. The Hall–Kier alpha value is -4.04. The number of ether oxygens (including phenoxy) is 1. The van der Waals surface area contributed by atoms with Gasteiger partial charge < -0.3 is 19.5 Å². The third-order valence-electron chi connectivity index (χ3n) is 5.21. The van der Waals surface area contributed by atoms with Crippen molar-refractivity contribution in [3.8, 4) is 16.9 Å². The van der Waals surface area contributed by atoms with Gasteiger partial charge in [-0.2, -0.15) is 0 Å². The van der Waals surface area contributed by atoms with E-state index in [1.165, 1.54) is 24.5 Å². The van der Waals surface area contributed by atoms with Crippen molar-refractivity contribution in [1.82, 2.24) is 9.55 Å². The molecular formula is C24H19FN2O5. The Kier molecular flexibility index (Phi) is 5.70. The first kappa shape index (κ1) is 21.2. The maximum Gasteiger partial charge on any atom is 0.341 e. The van der Waals surface area contributed by atoms with E-state index >= 15 is 4.39 Å². The molecule has 0 atom stereocenters. The second-order valence-corrected chi connectivity index (χ2v) is 7.20. The smallest absolute Gasteiger partial charge is 0.341 e. The maximum atomic E-state index is 15.1. The van der Waals surface area contributed by atoms with Crippen molar-refractivity contribution in [2.45, 2.75) is 13.2 Å². The highest BCUT2D eigenvalue weighted by atomic mass is 19.1. The Morgan fingerprint density at radius 2 is 1.91 bits per heavy atom. The molecule has 0 amide bonds. The van der Waals surface area contributed by atoms with Gasteiger partial charge in [0.1, 0.15) is 17.1 Å². The summed E-state index contributed by atoms with van der Waals surface area (Å²) < 4.78 is 21.8. The lowest BCUT2D eigenvalue weighted by atomic mass is 10.0. The number of carbonyl (C=O) groups is 1. The van der Waals surface area contributed by atoms with Crippen molar-refractivity contribution in [2.75, 3.05) is 7.11 Å². The lowest BCUT2D eigenvalue weighted by molar-refractivity contribution is 0.0695. The number of carboxylic acids is 1. The molecule has 0 spiro atoms. The second kappa shape index (κ2) is 8.60. The third kappa shape index (κ3) is 3.95. The normalized spacial score (nSPS) is 11.0. The number of carboxylic acid groups (broad SMARTS) is 1. The number of hydrogen-bond donors (Lipinski definition) is 2. The molecule has 2 N–H and O–H groups in total. The zero-order valence-electron chi connectivity index (χ0n) is 17.1. The summed E-state index contributed by atoms with van der Waals surface area (Å²) >= 11 is 0. The van der Waals surface area contributed by atoms with Crippen molar-refractivity contribution in [1.29, 1.82) is 0 Å². The fourth-order valence-electron chi connectivity index (χ4n) is 3.52. The van der Waals surface area contributed by atoms with Crippen LogP contribution in [-0.2, 0) is 13.2 Å². The Balaban J connectivity index is 1.90. The first-order valence-electron chi connectivity index (χ1n) is 9.70. The average Bonchev–Trinajstić information content (AvgIpc) is 2.81. The summed E-state index contributed by atoms with van der Waals surface area (Å²) in [5.74, 6) is -1.27. The summed E-state index contributed by atoms with van der Waals surface area (Å²) in [5.41, 5.74) is 0.938. The summed E-state index contributed by atoms with van der Waals surface area (Å²) in [4.78, 5) is 28.6. The number of fused-ring (bicyclic) bond motifs is 1. The van der Waals surface area contributed by atoms with Crippen molar-refractivity contribution < 1.29 is 24.1 Å². The van der Waals surface area contributed by atoms with Gasteiger partial charge in [-0.05, 0) is 35.9 Å². The van der Waals surface area contributed by atoms with E-state index in [1.54, 1.807) is 35.9 Å². The minimum absolute atomic E-state index is 0.0843. The van der Waals surface area contributed by atoms with Crippen molar-refractivity contribution in [3.05, 3.63) is 93.8 Å². The third-order valence-corrected chi connectivity index (χ3v) is 5.21. The number of benzene rings is 2. The minimum Gasteiger partial charge on any atom is -0.497 e. The molecule has 8 heteroatoms. The topological polar surface area (TPSA) is 102 Å². The van der Waals surface area contributed by atoms with Crippen LogP contribution in [0.3, 0.4) is 0 Å². The van der Waals surface area contributed by atoms with Crippen LogP contribution >= 0.6 is 0 Å². The monoisotopic (exact) mass is 434 g/mol. The number of aromatic nitrogens is 2. The van der Waals surface area contributed by atoms with Gasteiger partial charge in [0.25, 0.3) is 0 Å².